The van der Waals surface area contributed by atoms with Crippen molar-refractivity contribution in [3.05, 3.63) is 29.8 Å². The molecular weight excluding hydrogens is 296 g/mol. The van der Waals surface area contributed by atoms with E-state index in [0.29, 0.717) is 37.1 Å². The van der Waals surface area contributed by atoms with Crippen LogP contribution in [0, 0.1) is 0 Å². The molecule has 124 valence electrons. The zero-order valence-electron chi connectivity index (χ0n) is 13.3. The van der Waals surface area contributed by atoms with Crippen LogP contribution in [0.15, 0.2) is 24.3 Å². The summed E-state index contributed by atoms with van der Waals surface area (Å²) in [6.07, 6.45) is 2.44. The fourth-order valence-corrected chi connectivity index (χ4v) is 2.83. The van der Waals surface area contributed by atoms with E-state index in [1.54, 1.807) is 36.3 Å². The lowest BCUT2D eigenvalue weighted by atomic mass is 10.0. The number of carbonyl (C=O) groups excluding carboxylic acids is 3. The number of nitrogens with two attached hydrogens (primary N) is 1. The number of methoxy groups -OCH3 is 1. The molecule has 0 unspecified atom stereocenters. The van der Waals surface area contributed by atoms with Gasteiger partial charge in [-0.15, -0.1) is 0 Å². The van der Waals surface area contributed by atoms with Crippen molar-refractivity contribution in [3.63, 3.8) is 0 Å². The van der Waals surface area contributed by atoms with E-state index in [2.05, 4.69) is 0 Å². The van der Waals surface area contributed by atoms with Gasteiger partial charge >= 0.3 is 0 Å². The van der Waals surface area contributed by atoms with Crippen molar-refractivity contribution >= 4 is 17.6 Å². The van der Waals surface area contributed by atoms with Crippen molar-refractivity contribution in [3.8, 4) is 5.75 Å². The van der Waals surface area contributed by atoms with E-state index in [1.807, 2.05) is 0 Å². The summed E-state index contributed by atoms with van der Waals surface area (Å²) < 4.78 is 5.05. The Morgan fingerprint density at radius 2 is 1.91 bits per heavy atom. The number of ketones is 1. The number of rotatable bonds is 7. The van der Waals surface area contributed by atoms with Gasteiger partial charge in [-0.05, 0) is 43.5 Å². The number of benzene rings is 1. The van der Waals surface area contributed by atoms with Crippen molar-refractivity contribution in [1.29, 1.82) is 0 Å². The molecule has 1 aliphatic rings. The third-order valence-corrected chi connectivity index (χ3v) is 4.11. The van der Waals surface area contributed by atoms with E-state index in [1.165, 1.54) is 0 Å². The maximum Gasteiger partial charge on any atom is 0.240 e. The highest BCUT2D eigenvalue weighted by atomic mass is 16.5. The first-order chi connectivity index (χ1) is 11.0. The summed E-state index contributed by atoms with van der Waals surface area (Å²) in [5.74, 6) is 0.135. The van der Waals surface area contributed by atoms with Crippen LogP contribution in [0.3, 0.4) is 0 Å². The van der Waals surface area contributed by atoms with Gasteiger partial charge in [-0.1, -0.05) is 0 Å². The van der Waals surface area contributed by atoms with E-state index >= 15 is 0 Å². The number of nitrogens with zero attached hydrogens (tertiary/aromatic N) is 1. The topological polar surface area (TPSA) is 89.7 Å². The number of likely N-dealkylation sites (tertiary alicyclic amines) is 1. The Balaban J connectivity index is 1.80. The normalized spacial score (nSPS) is 17.1. The number of primary amides is 1. The number of hydrogen-bond acceptors (Lipinski definition) is 4. The van der Waals surface area contributed by atoms with Gasteiger partial charge in [0.25, 0.3) is 0 Å². The predicted octanol–water partition coefficient (Wildman–Crippen LogP) is 1.52. The van der Waals surface area contributed by atoms with Crippen molar-refractivity contribution in [2.45, 2.75) is 38.1 Å². The summed E-state index contributed by atoms with van der Waals surface area (Å²) in [6.45, 7) is 0.568. The highest BCUT2D eigenvalue weighted by Crippen LogP contribution is 2.19. The van der Waals surface area contributed by atoms with Crippen LogP contribution >= 0.6 is 0 Å². The largest absolute Gasteiger partial charge is 0.497 e. The molecule has 1 aromatic rings. The molecular formula is C17H22N2O4. The molecule has 1 atom stereocenters. The predicted molar refractivity (Wildman–Crippen MR) is 85.1 cm³/mol. The fourth-order valence-electron chi connectivity index (χ4n) is 2.83. The zero-order valence-corrected chi connectivity index (χ0v) is 13.3. The monoisotopic (exact) mass is 318 g/mol. The van der Waals surface area contributed by atoms with Gasteiger partial charge in [0.15, 0.2) is 5.78 Å². The molecule has 1 saturated heterocycles. The molecule has 6 nitrogen and oxygen atoms in total. The summed E-state index contributed by atoms with van der Waals surface area (Å²) in [6, 6.07) is 6.42. The average molecular weight is 318 g/mol. The number of hydrogen-bond donors (Lipinski definition) is 1. The third kappa shape index (κ3) is 4.31. The highest BCUT2D eigenvalue weighted by Gasteiger charge is 2.32. The Labute approximate surface area is 135 Å². The van der Waals surface area contributed by atoms with Crippen molar-refractivity contribution in [1.82, 2.24) is 4.90 Å². The molecule has 1 aromatic carbocycles. The number of amides is 2. The van der Waals surface area contributed by atoms with Crippen LogP contribution in [0.25, 0.3) is 0 Å². The van der Waals surface area contributed by atoms with Gasteiger partial charge in [0, 0.05) is 24.9 Å². The van der Waals surface area contributed by atoms with Crippen LogP contribution < -0.4 is 10.5 Å². The van der Waals surface area contributed by atoms with Crippen LogP contribution in [-0.4, -0.2) is 42.2 Å². The van der Waals surface area contributed by atoms with Crippen LogP contribution in [-0.2, 0) is 9.59 Å². The Hall–Kier alpha value is -2.37. The van der Waals surface area contributed by atoms with Gasteiger partial charge in [0.05, 0.1) is 7.11 Å². The van der Waals surface area contributed by atoms with Gasteiger partial charge in [-0.3, -0.25) is 14.4 Å². The Morgan fingerprint density at radius 1 is 1.22 bits per heavy atom. The molecule has 1 heterocycles. The second-order valence-corrected chi connectivity index (χ2v) is 5.65. The van der Waals surface area contributed by atoms with Crippen molar-refractivity contribution in [2.75, 3.05) is 13.7 Å². The molecule has 0 aliphatic carbocycles. The Kier molecular flexibility index (Phi) is 5.73. The minimum atomic E-state index is -0.486. The van der Waals surface area contributed by atoms with Crippen molar-refractivity contribution < 1.29 is 19.1 Å². The van der Waals surface area contributed by atoms with Crippen LogP contribution in [0.5, 0.6) is 5.75 Å². The molecule has 0 saturated carbocycles. The van der Waals surface area contributed by atoms with Gasteiger partial charge in [0.1, 0.15) is 11.8 Å². The molecule has 0 radical (unpaired) electrons. The van der Waals surface area contributed by atoms with Gasteiger partial charge in [-0.2, -0.15) is 0 Å². The third-order valence-electron chi connectivity index (χ3n) is 4.11. The molecule has 2 N–H and O–H groups in total. The van der Waals surface area contributed by atoms with E-state index < -0.39 is 11.9 Å². The molecule has 0 bridgehead atoms. The van der Waals surface area contributed by atoms with E-state index in [9.17, 15) is 14.4 Å². The van der Waals surface area contributed by atoms with E-state index in [0.717, 1.165) is 6.42 Å². The summed E-state index contributed by atoms with van der Waals surface area (Å²) in [5.41, 5.74) is 5.91. The molecule has 6 heteroatoms. The second kappa shape index (κ2) is 7.76. The number of ether oxygens (including phenoxy) is 1. The smallest absolute Gasteiger partial charge is 0.240 e. The van der Waals surface area contributed by atoms with Crippen LogP contribution in [0.4, 0.5) is 0 Å². The maximum absolute atomic E-state index is 12.2. The molecule has 1 aliphatic heterocycles. The fraction of sp³-hybridized carbons (Fsp3) is 0.471. The molecule has 1 fully saturated rings. The Bertz CT molecular complexity index is 583. The lowest BCUT2D eigenvalue weighted by Crippen LogP contribution is -2.43. The Morgan fingerprint density at radius 3 is 2.52 bits per heavy atom. The SMILES string of the molecule is COc1ccc(C(=O)CCCC(=O)N2CCC[C@@H]2C(N)=O)cc1. The molecule has 2 rings (SSSR count). The average Bonchev–Trinajstić information content (AvgIpc) is 3.04. The van der Waals surface area contributed by atoms with Crippen molar-refractivity contribution in [2.24, 2.45) is 5.73 Å². The number of Topliss-reactive ketones (excluding diaryl/α,β-unsaturated/α-hetero) is 1. The first-order valence-corrected chi connectivity index (χ1v) is 7.79. The summed E-state index contributed by atoms with van der Waals surface area (Å²) in [7, 11) is 1.57. The molecule has 23 heavy (non-hydrogen) atoms. The molecule has 0 aromatic heterocycles. The summed E-state index contributed by atoms with van der Waals surface area (Å²) in [5, 5.41) is 0. The van der Waals surface area contributed by atoms with Gasteiger partial charge in [-0.25, -0.2) is 0 Å². The molecule has 0 spiro atoms. The maximum atomic E-state index is 12.2. The lowest BCUT2D eigenvalue weighted by Gasteiger charge is -2.22. The minimum absolute atomic E-state index is 0.00618. The summed E-state index contributed by atoms with van der Waals surface area (Å²) >= 11 is 0. The van der Waals surface area contributed by atoms with E-state index in [4.69, 9.17) is 10.5 Å². The van der Waals surface area contributed by atoms with Crippen LogP contribution in [0.2, 0.25) is 0 Å². The minimum Gasteiger partial charge on any atom is -0.497 e. The second-order valence-electron chi connectivity index (χ2n) is 5.65. The standard InChI is InChI=1S/C17H22N2O4/c1-23-13-9-7-12(8-10-13)15(20)5-2-6-16(21)19-11-3-4-14(19)17(18)22/h7-10,14H,2-6,11H2,1H3,(H2,18,22)/t14-/m1/s1. The van der Waals surface area contributed by atoms with E-state index in [-0.39, 0.29) is 18.1 Å². The first kappa shape index (κ1) is 17.0. The van der Waals surface area contributed by atoms with Crippen LogP contribution in [0.1, 0.15) is 42.5 Å². The van der Waals surface area contributed by atoms with Gasteiger partial charge in [0.2, 0.25) is 11.8 Å². The highest BCUT2D eigenvalue weighted by molar-refractivity contribution is 5.96. The lowest BCUT2D eigenvalue weighted by molar-refractivity contribution is -0.137. The first-order valence-electron chi connectivity index (χ1n) is 7.79. The zero-order chi connectivity index (χ0) is 16.8. The quantitative estimate of drug-likeness (QED) is 0.772. The number of carbonyl (C=O) groups is 3. The summed E-state index contributed by atoms with van der Waals surface area (Å²) in [4.78, 5) is 37.1. The molecule has 2 amide bonds. The van der Waals surface area contributed by atoms with Gasteiger partial charge < -0.3 is 15.4 Å².